The number of nitrogens with one attached hydrogen (secondary N) is 2. The summed E-state index contributed by atoms with van der Waals surface area (Å²) in [5, 5.41) is 6.10. The molecule has 22 heavy (non-hydrogen) atoms. The van der Waals surface area contributed by atoms with E-state index in [0.29, 0.717) is 5.82 Å². The minimum absolute atomic E-state index is 0.0958. The van der Waals surface area contributed by atoms with Crippen LogP contribution in [-0.2, 0) is 4.79 Å². The fourth-order valence-corrected chi connectivity index (χ4v) is 2.34. The number of aromatic nitrogens is 1. The lowest BCUT2D eigenvalue weighted by atomic mass is 9.85. The number of nitrogens with zero attached hydrogens (tertiary/aromatic N) is 1. The molecular formula is C17H19N3O2. The fourth-order valence-electron chi connectivity index (χ4n) is 2.34. The summed E-state index contributed by atoms with van der Waals surface area (Å²) in [7, 11) is 1.63. The van der Waals surface area contributed by atoms with Crippen LogP contribution in [0.5, 0.6) is 5.75 Å². The normalized spacial score (nSPS) is 14.0. The van der Waals surface area contributed by atoms with Crippen molar-refractivity contribution in [1.29, 1.82) is 0 Å². The van der Waals surface area contributed by atoms with Gasteiger partial charge in [-0.1, -0.05) is 18.6 Å². The lowest BCUT2D eigenvalue weighted by molar-refractivity contribution is -0.122. The van der Waals surface area contributed by atoms with E-state index in [1.807, 2.05) is 36.4 Å². The molecule has 1 saturated carbocycles. The van der Waals surface area contributed by atoms with Gasteiger partial charge in [-0.15, -0.1) is 0 Å². The zero-order valence-corrected chi connectivity index (χ0v) is 12.5. The Balaban J connectivity index is 1.65. The first-order valence-electron chi connectivity index (χ1n) is 7.43. The number of benzene rings is 1. The first-order valence-corrected chi connectivity index (χ1v) is 7.43. The summed E-state index contributed by atoms with van der Waals surface area (Å²) in [4.78, 5) is 16.2. The summed E-state index contributed by atoms with van der Waals surface area (Å²) in [5.41, 5.74) is 1.58. The van der Waals surface area contributed by atoms with Gasteiger partial charge < -0.3 is 15.4 Å². The van der Waals surface area contributed by atoms with Crippen LogP contribution in [0.3, 0.4) is 0 Å². The first kappa shape index (κ1) is 14.4. The molecule has 5 nitrogen and oxygen atoms in total. The molecule has 5 heteroatoms. The number of carbonyl (C=O) groups is 1. The summed E-state index contributed by atoms with van der Waals surface area (Å²) in [5.74, 6) is 1.72. The number of ether oxygens (including phenoxy) is 1. The monoisotopic (exact) mass is 297 g/mol. The topological polar surface area (TPSA) is 63.2 Å². The van der Waals surface area contributed by atoms with Gasteiger partial charge in [0, 0.05) is 5.92 Å². The molecule has 0 unspecified atom stereocenters. The molecular weight excluding hydrogens is 278 g/mol. The van der Waals surface area contributed by atoms with Crippen LogP contribution >= 0.6 is 0 Å². The van der Waals surface area contributed by atoms with Gasteiger partial charge in [0.2, 0.25) is 5.91 Å². The summed E-state index contributed by atoms with van der Waals surface area (Å²) in [6.45, 7) is 0. The molecule has 0 aliphatic heterocycles. The minimum atomic E-state index is 0.0958. The second-order valence-corrected chi connectivity index (χ2v) is 5.37. The van der Waals surface area contributed by atoms with Crippen molar-refractivity contribution in [3.63, 3.8) is 0 Å². The van der Waals surface area contributed by atoms with Gasteiger partial charge in [-0.3, -0.25) is 4.79 Å². The van der Waals surface area contributed by atoms with Gasteiger partial charge in [0.1, 0.15) is 11.6 Å². The smallest absolute Gasteiger partial charge is 0.227 e. The van der Waals surface area contributed by atoms with Crippen LogP contribution in [-0.4, -0.2) is 18.0 Å². The van der Waals surface area contributed by atoms with Crippen LogP contribution in [0.2, 0.25) is 0 Å². The van der Waals surface area contributed by atoms with E-state index in [-0.39, 0.29) is 11.8 Å². The van der Waals surface area contributed by atoms with Gasteiger partial charge in [-0.25, -0.2) is 4.98 Å². The Morgan fingerprint density at radius 3 is 2.68 bits per heavy atom. The Labute approximate surface area is 129 Å². The zero-order chi connectivity index (χ0) is 15.4. The lowest BCUT2D eigenvalue weighted by Gasteiger charge is -2.23. The number of methoxy groups -OCH3 is 1. The summed E-state index contributed by atoms with van der Waals surface area (Å²) < 4.78 is 5.29. The van der Waals surface area contributed by atoms with Crippen molar-refractivity contribution in [3.8, 4) is 5.75 Å². The Kier molecular flexibility index (Phi) is 4.23. The van der Waals surface area contributed by atoms with Crippen LogP contribution < -0.4 is 15.4 Å². The van der Waals surface area contributed by atoms with E-state index in [4.69, 9.17) is 4.74 Å². The average Bonchev–Trinajstić information content (AvgIpc) is 2.48. The van der Waals surface area contributed by atoms with Crippen molar-refractivity contribution in [2.24, 2.45) is 5.92 Å². The van der Waals surface area contributed by atoms with E-state index in [1.165, 1.54) is 0 Å². The van der Waals surface area contributed by atoms with Crippen molar-refractivity contribution in [1.82, 2.24) is 4.98 Å². The van der Waals surface area contributed by atoms with E-state index in [0.717, 1.165) is 36.4 Å². The molecule has 0 spiro atoms. The Hall–Kier alpha value is -2.56. The zero-order valence-electron chi connectivity index (χ0n) is 12.5. The number of carbonyl (C=O) groups excluding carboxylic acids is 1. The number of hydrogen-bond acceptors (Lipinski definition) is 4. The molecule has 1 amide bonds. The predicted octanol–water partition coefficient (Wildman–Crippen LogP) is 3.57. The minimum Gasteiger partial charge on any atom is -0.495 e. The molecule has 114 valence electrons. The molecule has 0 saturated heterocycles. The number of pyridine rings is 1. The second-order valence-electron chi connectivity index (χ2n) is 5.37. The molecule has 1 aromatic heterocycles. The fraction of sp³-hybridized carbons (Fsp3) is 0.294. The van der Waals surface area contributed by atoms with Crippen molar-refractivity contribution in [2.45, 2.75) is 19.3 Å². The molecule has 1 aliphatic rings. The molecule has 2 aromatic rings. The van der Waals surface area contributed by atoms with Gasteiger partial charge in [0.05, 0.1) is 24.7 Å². The molecule has 0 bridgehead atoms. The summed E-state index contributed by atoms with van der Waals surface area (Å²) in [6.07, 6.45) is 4.80. The van der Waals surface area contributed by atoms with Crippen LogP contribution in [0.15, 0.2) is 42.6 Å². The Bertz CT molecular complexity index is 651. The van der Waals surface area contributed by atoms with Crippen LogP contribution in [0.4, 0.5) is 17.2 Å². The van der Waals surface area contributed by atoms with Crippen molar-refractivity contribution in [3.05, 3.63) is 42.6 Å². The number of hydrogen-bond donors (Lipinski definition) is 2. The molecule has 1 fully saturated rings. The summed E-state index contributed by atoms with van der Waals surface area (Å²) in [6, 6.07) is 11.3. The predicted molar refractivity (Wildman–Crippen MR) is 86.5 cm³/mol. The maximum absolute atomic E-state index is 11.9. The van der Waals surface area contributed by atoms with Crippen molar-refractivity contribution >= 4 is 23.1 Å². The van der Waals surface area contributed by atoms with Crippen LogP contribution in [0, 0.1) is 5.92 Å². The number of rotatable bonds is 5. The number of anilines is 3. The third kappa shape index (κ3) is 3.19. The van der Waals surface area contributed by atoms with E-state index >= 15 is 0 Å². The second kappa shape index (κ2) is 6.47. The highest BCUT2D eigenvalue weighted by Crippen LogP contribution is 2.28. The van der Waals surface area contributed by atoms with Gasteiger partial charge in [-0.05, 0) is 37.1 Å². The van der Waals surface area contributed by atoms with E-state index in [1.54, 1.807) is 13.3 Å². The molecule has 1 aromatic carbocycles. The lowest BCUT2D eigenvalue weighted by Crippen LogP contribution is -2.28. The maximum Gasteiger partial charge on any atom is 0.227 e. The van der Waals surface area contributed by atoms with E-state index in [9.17, 15) is 4.79 Å². The highest BCUT2D eigenvalue weighted by Gasteiger charge is 2.25. The summed E-state index contributed by atoms with van der Waals surface area (Å²) >= 11 is 0. The molecule has 2 N–H and O–H groups in total. The third-order valence-electron chi connectivity index (χ3n) is 3.88. The molecule has 3 rings (SSSR count). The molecule has 1 heterocycles. The number of para-hydroxylation sites is 2. The van der Waals surface area contributed by atoms with Gasteiger partial charge >= 0.3 is 0 Å². The van der Waals surface area contributed by atoms with Gasteiger partial charge in [0.25, 0.3) is 0 Å². The Morgan fingerprint density at radius 1 is 1.23 bits per heavy atom. The van der Waals surface area contributed by atoms with Crippen LogP contribution in [0.25, 0.3) is 0 Å². The van der Waals surface area contributed by atoms with Gasteiger partial charge in [-0.2, -0.15) is 0 Å². The quantitative estimate of drug-likeness (QED) is 0.885. The van der Waals surface area contributed by atoms with Gasteiger partial charge in [0.15, 0.2) is 0 Å². The highest BCUT2D eigenvalue weighted by molar-refractivity contribution is 5.92. The van der Waals surface area contributed by atoms with Crippen molar-refractivity contribution < 1.29 is 9.53 Å². The maximum atomic E-state index is 11.9. The number of amides is 1. The largest absolute Gasteiger partial charge is 0.495 e. The molecule has 0 atom stereocenters. The van der Waals surface area contributed by atoms with E-state index < -0.39 is 0 Å². The average molecular weight is 297 g/mol. The van der Waals surface area contributed by atoms with E-state index in [2.05, 4.69) is 15.6 Å². The Morgan fingerprint density at radius 2 is 2.05 bits per heavy atom. The standard InChI is InChI=1S/C17H19N3O2/c1-22-15-8-3-2-7-14(15)20-16-10-9-13(11-18-16)19-17(21)12-5-4-6-12/h2-3,7-12H,4-6H2,1H3,(H,18,20)(H,19,21). The SMILES string of the molecule is COc1ccccc1Nc1ccc(NC(=O)C2CCC2)cn1. The highest BCUT2D eigenvalue weighted by atomic mass is 16.5. The molecule has 0 radical (unpaired) electrons. The first-order chi connectivity index (χ1) is 10.8. The van der Waals surface area contributed by atoms with Crippen LogP contribution in [0.1, 0.15) is 19.3 Å². The third-order valence-corrected chi connectivity index (χ3v) is 3.88. The molecule has 1 aliphatic carbocycles. The van der Waals surface area contributed by atoms with Crippen molar-refractivity contribution in [2.75, 3.05) is 17.7 Å².